The van der Waals surface area contributed by atoms with Gasteiger partial charge in [-0.2, -0.15) is 0 Å². The summed E-state index contributed by atoms with van der Waals surface area (Å²) in [5.41, 5.74) is 3.69. The fourth-order valence-electron chi connectivity index (χ4n) is 2.72. The predicted molar refractivity (Wildman–Crippen MR) is 89.7 cm³/mol. The summed E-state index contributed by atoms with van der Waals surface area (Å²) in [5, 5.41) is 0. The van der Waals surface area contributed by atoms with Crippen LogP contribution in [0.5, 0.6) is 0 Å². The molecule has 0 radical (unpaired) electrons. The highest BCUT2D eigenvalue weighted by atomic mass is 14.1. The molecule has 0 fully saturated rings. The van der Waals surface area contributed by atoms with Crippen molar-refractivity contribution in [3.63, 3.8) is 0 Å². The first-order valence-corrected chi connectivity index (χ1v) is 8.99. The van der Waals surface area contributed by atoms with Crippen LogP contribution in [0, 0.1) is 0 Å². The summed E-state index contributed by atoms with van der Waals surface area (Å²) < 4.78 is 0. The summed E-state index contributed by atoms with van der Waals surface area (Å²) in [5.74, 6) is 0. The van der Waals surface area contributed by atoms with Crippen molar-refractivity contribution >= 4 is 0 Å². The van der Waals surface area contributed by atoms with E-state index in [1.807, 2.05) is 11.1 Å². The zero-order valence-corrected chi connectivity index (χ0v) is 14.2. The van der Waals surface area contributed by atoms with Crippen molar-refractivity contribution in [2.45, 2.75) is 111 Å². The first-order valence-electron chi connectivity index (χ1n) is 8.99. The van der Waals surface area contributed by atoms with Crippen LogP contribution in [0.1, 0.15) is 111 Å². The van der Waals surface area contributed by atoms with Gasteiger partial charge in [-0.15, -0.1) is 0 Å². The van der Waals surface area contributed by atoms with Crippen LogP contribution in [0.3, 0.4) is 0 Å². The molecule has 0 aromatic heterocycles. The van der Waals surface area contributed by atoms with E-state index < -0.39 is 0 Å². The molecule has 0 aliphatic heterocycles. The van der Waals surface area contributed by atoms with Crippen molar-refractivity contribution in [2.24, 2.45) is 0 Å². The molecule has 0 aromatic rings. The Morgan fingerprint density at radius 2 is 0.737 bits per heavy atom. The first kappa shape index (κ1) is 18.7. The van der Waals surface area contributed by atoms with Crippen molar-refractivity contribution in [1.82, 2.24) is 0 Å². The maximum atomic E-state index is 2.32. The fraction of sp³-hybridized carbons (Fsp3) is 0.895. The molecule has 19 heavy (non-hydrogen) atoms. The Kier molecular flexibility index (Phi) is 14.0. The van der Waals surface area contributed by atoms with Gasteiger partial charge in [0.15, 0.2) is 0 Å². The average Bonchev–Trinajstić information content (AvgIpc) is 2.43. The van der Waals surface area contributed by atoms with E-state index in [1.165, 1.54) is 83.5 Å². The Hall–Kier alpha value is -0.260. The molecule has 0 heteroatoms. The molecule has 0 amide bonds. The normalized spacial score (nSPS) is 10.7. The second-order valence-electron chi connectivity index (χ2n) is 5.97. The maximum absolute atomic E-state index is 2.32. The SMILES string of the molecule is CCCCCC(CCCC)=C(CCCC)CCCC. The van der Waals surface area contributed by atoms with Crippen LogP contribution in [0.2, 0.25) is 0 Å². The lowest BCUT2D eigenvalue weighted by atomic mass is 9.91. The average molecular weight is 267 g/mol. The molecule has 0 atom stereocenters. The Bertz CT molecular complexity index is 202. The molecular weight excluding hydrogens is 228 g/mol. The van der Waals surface area contributed by atoms with E-state index in [-0.39, 0.29) is 0 Å². The Balaban J connectivity index is 4.60. The fourth-order valence-corrected chi connectivity index (χ4v) is 2.72. The molecule has 114 valence electrons. The van der Waals surface area contributed by atoms with Crippen molar-refractivity contribution < 1.29 is 0 Å². The number of hydrogen-bond acceptors (Lipinski definition) is 0. The van der Waals surface area contributed by atoms with Crippen molar-refractivity contribution in [2.75, 3.05) is 0 Å². The van der Waals surface area contributed by atoms with Crippen LogP contribution in [0.25, 0.3) is 0 Å². The molecule has 0 heterocycles. The Labute approximate surface area is 123 Å². The summed E-state index contributed by atoms with van der Waals surface area (Å²) in [4.78, 5) is 0. The molecule has 0 rings (SSSR count). The topological polar surface area (TPSA) is 0 Å². The summed E-state index contributed by atoms with van der Waals surface area (Å²) in [7, 11) is 0. The molecule has 0 saturated carbocycles. The van der Waals surface area contributed by atoms with Gasteiger partial charge in [0.05, 0.1) is 0 Å². The lowest BCUT2D eigenvalue weighted by Crippen LogP contribution is -1.96. The van der Waals surface area contributed by atoms with E-state index in [2.05, 4.69) is 27.7 Å². The summed E-state index contributed by atoms with van der Waals surface area (Å²) in [6.45, 7) is 9.27. The van der Waals surface area contributed by atoms with Gasteiger partial charge in [-0.3, -0.25) is 0 Å². The highest BCUT2D eigenvalue weighted by Crippen LogP contribution is 2.27. The van der Waals surface area contributed by atoms with Crippen LogP contribution in [0.4, 0.5) is 0 Å². The lowest BCUT2D eigenvalue weighted by molar-refractivity contribution is 0.640. The zero-order valence-electron chi connectivity index (χ0n) is 14.2. The van der Waals surface area contributed by atoms with Gasteiger partial charge < -0.3 is 0 Å². The van der Waals surface area contributed by atoms with Gasteiger partial charge in [-0.05, 0) is 51.4 Å². The molecule has 0 spiro atoms. The van der Waals surface area contributed by atoms with E-state index >= 15 is 0 Å². The maximum Gasteiger partial charge on any atom is -0.0318 e. The van der Waals surface area contributed by atoms with Gasteiger partial charge in [0, 0.05) is 0 Å². The Morgan fingerprint density at radius 3 is 1.05 bits per heavy atom. The summed E-state index contributed by atoms with van der Waals surface area (Å²) in [6, 6.07) is 0. The quantitative estimate of drug-likeness (QED) is 0.240. The molecule has 0 bridgehead atoms. The largest absolute Gasteiger partial charge is 0.0710 e. The monoisotopic (exact) mass is 266 g/mol. The van der Waals surface area contributed by atoms with E-state index in [9.17, 15) is 0 Å². The molecule has 0 nitrogen and oxygen atoms in total. The van der Waals surface area contributed by atoms with E-state index in [0.29, 0.717) is 0 Å². The van der Waals surface area contributed by atoms with Crippen LogP contribution >= 0.6 is 0 Å². The minimum absolute atomic E-state index is 1.34. The number of hydrogen-bond donors (Lipinski definition) is 0. The van der Waals surface area contributed by atoms with Crippen LogP contribution < -0.4 is 0 Å². The zero-order chi connectivity index (χ0) is 14.3. The molecule has 0 aliphatic carbocycles. The second kappa shape index (κ2) is 14.2. The molecule has 0 aromatic carbocycles. The second-order valence-corrected chi connectivity index (χ2v) is 5.97. The van der Waals surface area contributed by atoms with Gasteiger partial charge >= 0.3 is 0 Å². The third kappa shape index (κ3) is 10.2. The van der Waals surface area contributed by atoms with E-state index in [1.54, 1.807) is 0 Å². The van der Waals surface area contributed by atoms with Crippen molar-refractivity contribution in [3.8, 4) is 0 Å². The van der Waals surface area contributed by atoms with Gasteiger partial charge in [0.1, 0.15) is 0 Å². The minimum Gasteiger partial charge on any atom is -0.0710 e. The molecule has 0 aliphatic rings. The highest BCUT2D eigenvalue weighted by Gasteiger charge is 2.07. The van der Waals surface area contributed by atoms with Crippen molar-refractivity contribution in [1.29, 1.82) is 0 Å². The van der Waals surface area contributed by atoms with Gasteiger partial charge in [-0.25, -0.2) is 0 Å². The molecule has 0 unspecified atom stereocenters. The van der Waals surface area contributed by atoms with Gasteiger partial charge in [-0.1, -0.05) is 70.9 Å². The van der Waals surface area contributed by atoms with Gasteiger partial charge in [0.2, 0.25) is 0 Å². The van der Waals surface area contributed by atoms with E-state index in [0.717, 1.165) is 0 Å². The van der Waals surface area contributed by atoms with Crippen LogP contribution in [0.15, 0.2) is 11.1 Å². The first-order chi connectivity index (χ1) is 9.29. The van der Waals surface area contributed by atoms with E-state index in [4.69, 9.17) is 0 Å². The minimum atomic E-state index is 1.34. The third-order valence-electron chi connectivity index (χ3n) is 4.08. The van der Waals surface area contributed by atoms with Crippen LogP contribution in [-0.4, -0.2) is 0 Å². The van der Waals surface area contributed by atoms with Crippen molar-refractivity contribution in [3.05, 3.63) is 11.1 Å². The third-order valence-corrected chi connectivity index (χ3v) is 4.08. The summed E-state index contributed by atoms with van der Waals surface area (Å²) in [6.07, 6.45) is 17.9. The molecule has 0 N–H and O–H groups in total. The molecular formula is C19H38. The number of unbranched alkanes of at least 4 members (excludes halogenated alkanes) is 5. The Morgan fingerprint density at radius 1 is 0.421 bits per heavy atom. The molecule has 0 saturated heterocycles. The lowest BCUT2D eigenvalue weighted by Gasteiger charge is -2.16. The standard InChI is InChI=1S/C19H38/c1-5-9-13-17-19(16-12-8-4)18(14-10-6-2)15-11-7-3/h5-17H2,1-4H3. The smallest absolute Gasteiger partial charge is 0.0318 e. The van der Waals surface area contributed by atoms with Crippen LogP contribution in [-0.2, 0) is 0 Å². The van der Waals surface area contributed by atoms with Gasteiger partial charge in [0.25, 0.3) is 0 Å². The number of allylic oxidation sites excluding steroid dienone is 2. The predicted octanol–water partition coefficient (Wildman–Crippen LogP) is 7.43. The number of rotatable bonds is 13. The highest BCUT2D eigenvalue weighted by molar-refractivity contribution is 5.14. The summed E-state index contributed by atoms with van der Waals surface area (Å²) >= 11 is 0.